The molecule has 3 aliphatic rings. The molecule has 2 saturated carbocycles. The number of benzene rings is 1. The maximum Gasteiger partial charge on any atom is 0.306 e. The van der Waals surface area contributed by atoms with Gasteiger partial charge in [0.2, 0.25) is 0 Å². The van der Waals surface area contributed by atoms with Crippen LogP contribution >= 0.6 is 0 Å². The van der Waals surface area contributed by atoms with Crippen molar-refractivity contribution < 1.29 is 14.3 Å². The molecule has 1 saturated heterocycles. The third-order valence-electron chi connectivity index (χ3n) is 7.83. The van der Waals surface area contributed by atoms with E-state index in [1.165, 1.54) is 0 Å². The van der Waals surface area contributed by atoms with Gasteiger partial charge in [-0.05, 0) is 42.1 Å². The van der Waals surface area contributed by atoms with Gasteiger partial charge in [0.1, 0.15) is 11.4 Å². The molecule has 5 atom stereocenters. The first kappa shape index (κ1) is 17.8. The predicted molar refractivity (Wildman–Crippen MR) is 101 cm³/mol. The van der Waals surface area contributed by atoms with Crippen LogP contribution in [0.1, 0.15) is 71.3 Å². The number of hydrogen-bond acceptors (Lipinski definition) is 3. The van der Waals surface area contributed by atoms with Crippen molar-refractivity contribution in [1.29, 1.82) is 0 Å². The van der Waals surface area contributed by atoms with Gasteiger partial charge in [-0.3, -0.25) is 9.59 Å². The first-order chi connectivity index (χ1) is 12.2. The Balaban J connectivity index is 1.85. The summed E-state index contributed by atoms with van der Waals surface area (Å²) in [5, 5.41) is 0. The predicted octanol–water partition coefficient (Wildman–Crippen LogP) is 4.90. The molecule has 26 heavy (non-hydrogen) atoms. The molecular weight excluding hydrogens is 324 g/mol. The Morgan fingerprint density at radius 1 is 0.962 bits per heavy atom. The molecule has 4 rings (SSSR count). The fraction of sp³-hybridized carbons (Fsp3) is 0.652. The Morgan fingerprint density at radius 3 is 2.35 bits per heavy atom. The van der Waals surface area contributed by atoms with Crippen LogP contribution in [0.3, 0.4) is 0 Å². The highest BCUT2D eigenvalue weighted by molar-refractivity contribution is 5.89. The average Bonchev–Trinajstić information content (AvgIpc) is 2.77. The van der Waals surface area contributed by atoms with Crippen LogP contribution in [0.4, 0.5) is 0 Å². The van der Waals surface area contributed by atoms with E-state index in [9.17, 15) is 9.59 Å². The van der Waals surface area contributed by atoms with Crippen LogP contribution in [0.2, 0.25) is 0 Å². The summed E-state index contributed by atoms with van der Waals surface area (Å²) < 4.78 is 6.15. The van der Waals surface area contributed by atoms with Crippen LogP contribution in [0.25, 0.3) is 0 Å². The van der Waals surface area contributed by atoms with Crippen molar-refractivity contribution in [2.24, 2.45) is 22.7 Å². The first-order valence-corrected chi connectivity index (χ1v) is 9.98. The molecule has 1 aromatic carbocycles. The van der Waals surface area contributed by atoms with Crippen LogP contribution in [-0.2, 0) is 14.3 Å². The number of Topliss-reactive ketones (excluding diaryl/α,β-unsaturated/α-hetero) is 1. The highest BCUT2D eigenvalue weighted by Gasteiger charge is 2.66. The lowest BCUT2D eigenvalue weighted by atomic mass is 9.50. The number of hydrogen-bond donors (Lipinski definition) is 0. The van der Waals surface area contributed by atoms with Gasteiger partial charge < -0.3 is 4.74 Å². The summed E-state index contributed by atoms with van der Waals surface area (Å²) in [5.74, 6) is 0.0848. The number of fused-ring (bicyclic) bond motifs is 3. The van der Waals surface area contributed by atoms with E-state index in [-0.39, 0.29) is 40.3 Å². The zero-order valence-corrected chi connectivity index (χ0v) is 16.4. The fourth-order valence-electron chi connectivity index (χ4n) is 6.80. The fourth-order valence-corrected chi connectivity index (χ4v) is 6.80. The van der Waals surface area contributed by atoms with Gasteiger partial charge in [-0.15, -0.1) is 0 Å². The second kappa shape index (κ2) is 5.68. The topological polar surface area (TPSA) is 43.4 Å². The summed E-state index contributed by atoms with van der Waals surface area (Å²) in [7, 11) is 0. The van der Waals surface area contributed by atoms with Gasteiger partial charge in [-0.25, -0.2) is 0 Å². The Morgan fingerprint density at radius 2 is 1.65 bits per heavy atom. The number of esters is 1. The summed E-state index contributed by atoms with van der Waals surface area (Å²) in [6.07, 6.45) is 4.14. The van der Waals surface area contributed by atoms with Crippen LogP contribution in [-0.4, -0.2) is 17.4 Å². The zero-order valence-electron chi connectivity index (χ0n) is 16.4. The molecule has 0 aromatic heterocycles. The highest BCUT2D eigenvalue weighted by Crippen LogP contribution is 2.64. The first-order valence-electron chi connectivity index (χ1n) is 9.98. The van der Waals surface area contributed by atoms with E-state index in [2.05, 4.69) is 32.9 Å². The standard InChI is InChI=1S/C23H30O3/c1-21(2)11-8-12-22(3)18(21)14-19(25)26-23(4)16(13-17(24)20(22)23)15-9-6-5-7-10-15/h5-7,9-10,16,18,20H,8,11-14H2,1-4H3/t16-,18+,20+,22+,23+/m0/s1. The van der Waals surface area contributed by atoms with Crippen LogP contribution in [0.5, 0.6) is 0 Å². The maximum absolute atomic E-state index is 13.3. The van der Waals surface area contributed by atoms with Gasteiger partial charge in [-0.2, -0.15) is 0 Å². The molecule has 140 valence electrons. The summed E-state index contributed by atoms with van der Waals surface area (Å²) in [6, 6.07) is 10.1. The third kappa shape index (κ3) is 2.39. The number of ether oxygens (including phenoxy) is 1. The van der Waals surface area contributed by atoms with Crippen molar-refractivity contribution in [3.05, 3.63) is 35.9 Å². The number of rotatable bonds is 1. The van der Waals surface area contributed by atoms with E-state index >= 15 is 0 Å². The molecule has 0 bridgehead atoms. The third-order valence-corrected chi connectivity index (χ3v) is 7.83. The monoisotopic (exact) mass is 354 g/mol. The SMILES string of the molecule is CC1(C)CCC[C@]2(C)[C@@H]1CC(=O)O[C@@]1(C)[C@@H]2C(=O)C[C@H]1c1ccccc1. The molecule has 1 aromatic rings. The van der Waals surface area contributed by atoms with Crippen LogP contribution in [0, 0.1) is 22.7 Å². The van der Waals surface area contributed by atoms with Gasteiger partial charge in [0.05, 0.1) is 5.92 Å². The van der Waals surface area contributed by atoms with Gasteiger partial charge in [0.25, 0.3) is 0 Å². The number of ketones is 1. The van der Waals surface area contributed by atoms with Crippen molar-refractivity contribution in [2.45, 2.75) is 71.3 Å². The summed E-state index contributed by atoms with van der Waals surface area (Å²) >= 11 is 0. The smallest absolute Gasteiger partial charge is 0.306 e. The number of carbonyl (C=O) groups excluding carboxylic acids is 2. The van der Waals surface area contributed by atoms with Crippen LogP contribution in [0.15, 0.2) is 30.3 Å². The molecule has 3 heteroatoms. The van der Waals surface area contributed by atoms with Gasteiger partial charge in [0, 0.05) is 18.8 Å². The average molecular weight is 354 g/mol. The molecule has 0 N–H and O–H groups in total. The van der Waals surface area contributed by atoms with Crippen molar-refractivity contribution in [1.82, 2.24) is 0 Å². The van der Waals surface area contributed by atoms with E-state index in [0.29, 0.717) is 12.8 Å². The van der Waals surface area contributed by atoms with Gasteiger partial charge >= 0.3 is 5.97 Å². The van der Waals surface area contributed by atoms with Crippen molar-refractivity contribution in [2.75, 3.05) is 0 Å². The van der Waals surface area contributed by atoms with E-state index < -0.39 is 5.60 Å². The van der Waals surface area contributed by atoms with Gasteiger partial charge in [0.15, 0.2) is 0 Å². The summed E-state index contributed by atoms with van der Waals surface area (Å²) in [4.78, 5) is 26.2. The Hall–Kier alpha value is -1.64. The number of carbonyl (C=O) groups is 2. The molecular formula is C23H30O3. The molecule has 0 amide bonds. The lowest BCUT2D eigenvalue weighted by Crippen LogP contribution is -2.52. The van der Waals surface area contributed by atoms with E-state index in [1.54, 1.807) is 0 Å². The minimum atomic E-state index is -0.744. The molecule has 1 aliphatic heterocycles. The lowest BCUT2D eigenvalue weighted by molar-refractivity contribution is -0.164. The second-order valence-electron chi connectivity index (χ2n) is 9.83. The second-order valence-corrected chi connectivity index (χ2v) is 9.83. The van der Waals surface area contributed by atoms with Gasteiger partial charge in [-0.1, -0.05) is 57.5 Å². The Bertz CT molecular complexity index is 737. The van der Waals surface area contributed by atoms with Crippen molar-refractivity contribution in [3.63, 3.8) is 0 Å². The van der Waals surface area contributed by atoms with Crippen molar-refractivity contribution in [3.8, 4) is 0 Å². The molecule has 3 nitrogen and oxygen atoms in total. The van der Waals surface area contributed by atoms with Crippen molar-refractivity contribution >= 4 is 11.8 Å². The minimum absolute atomic E-state index is 0.0502. The molecule has 0 spiro atoms. The largest absolute Gasteiger partial charge is 0.458 e. The molecule has 3 fully saturated rings. The summed E-state index contributed by atoms with van der Waals surface area (Å²) in [6.45, 7) is 8.81. The Kier molecular flexibility index (Phi) is 3.88. The Labute approximate surface area is 156 Å². The zero-order chi connectivity index (χ0) is 18.7. The summed E-state index contributed by atoms with van der Waals surface area (Å²) in [5.41, 5.74) is 0.244. The van der Waals surface area contributed by atoms with Crippen LogP contribution < -0.4 is 0 Å². The maximum atomic E-state index is 13.3. The minimum Gasteiger partial charge on any atom is -0.458 e. The highest BCUT2D eigenvalue weighted by atomic mass is 16.6. The lowest BCUT2D eigenvalue weighted by Gasteiger charge is -2.53. The molecule has 1 heterocycles. The van der Waals surface area contributed by atoms with E-state index in [1.807, 2.05) is 25.1 Å². The van der Waals surface area contributed by atoms with E-state index in [4.69, 9.17) is 4.74 Å². The normalized spacial score (nSPS) is 41.8. The van der Waals surface area contributed by atoms with E-state index in [0.717, 1.165) is 24.8 Å². The molecule has 0 radical (unpaired) electrons. The molecule has 2 aliphatic carbocycles. The molecule has 0 unspecified atom stereocenters. The quantitative estimate of drug-likeness (QED) is 0.674.